The Morgan fingerprint density at radius 2 is 2.10 bits per heavy atom. The Morgan fingerprint density at radius 1 is 1.45 bits per heavy atom. The molecule has 0 saturated carbocycles. The van der Waals surface area contributed by atoms with Crippen LogP contribution in [-0.2, 0) is 9.59 Å². The summed E-state index contributed by atoms with van der Waals surface area (Å²) in [5.74, 6) is -2.26. The zero-order chi connectivity index (χ0) is 15.3. The van der Waals surface area contributed by atoms with Crippen LogP contribution in [0.2, 0.25) is 0 Å². The lowest BCUT2D eigenvalue weighted by atomic mass is 10.1. The van der Waals surface area contributed by atoms with Crippen molar-refractivity contribution in [3.63, 3.8) is 0 Å². The van der Waals surface area contributed by atoms with E-state index in [0.717, 1.165) is 6.08 Å². The average molecular weight is 280 g/mol. The van der Waals surface area contributed by atoms with E-state index < -0.39 is 17.7 Å². The van der Waals surface area contributed by atoms with Crippen LogP contribution in [0.5, 0.6) is 0 Å². The summed E-state index contributed by atoms with van der Waals surface area (Å²) < 4.78 is 14.1. The Labute approximate surface area is 116 Å². The number of carboxylic acid groups (broad SMARTS) is 1. The summed E-state index contributed by atoms with van der Waals surface area (Å²) in [6.07, 6.45) is 2.21. The standard InChI is InChI=1S/C14H17FN2O3/c1-9(2)17(8-12(16)18)14-10(6-7-13(19)20)4-3-5-11(14)15/h3-7,9H,8H2,1-2H3,(H2,16,18)(H,19,20)/b7-6+. The summed E-state index contributed by atoms with van der Waals surface area (Å²) in [5.41, 5.74) is 5.72. The van der Waals surface area contributed by atoms with Gasteiger partial charge in [-0.2, -0.15) is 0 Å². The summed E-state index contributed by atoms with van der Waals surface area (Å²) in [6.45, 7) is 3.44. The van der Waals surface area contributed by atoms with E-state index in [0.29, 0.717) is 5.56 Å². The van der Waals surface area contributed by atoms with Gasteiger partial charge in [0.1, 0.15) is 5.82 Å². The first-order chi connectivity index (χ1) is 9.32. The van der Waals surface area contributed by atoms with Crippen molar-refractivity contribution < 1.29 is 19.1 Å². The average Bonchev–Trinajstić information content (AvgIpc) is 2.33. The highest BCUT2D eigenvalue weighted by Gasteiger charge is 2.19. The second-order valence-corrected chi connectivity index (χ2v) is 4.54. The van der Waals surface area contributed by atoms with Crippen LogP contribution < -0.4 is 10.6 Å². The third-order valence-corrected chi connectivity index (χ3v) is 2.66. The monoisotopic (exact) mass is 280 g/mol. The van der Waals surface area contributed by atoms with Gasteiger partial charge in [-0.1, -0.05) is 12.1 Å². The van der Waals surface area contributed by atoms with Crippen molar-refractivity contribution in [3.05, 3.63) is 35.7 Å². The molecule has 3 N–H and O–H groups in total. The van der Waals surface area contributed by atoms with Gasteiger partial charge in [-0.15, -0.1) is 0 Å². The van der Waals surface area contributed by atoms with Crippen molar-refractivity contribution in [3.8, 4) is 0 Å². The number of amides is 1. The molecule has 0 saturated heterocycles. The zero-order valence-corrected chi connectivity index (χ0v) is 11.3. The topological polar surface area (TPSA) is 83.6 Å². The van der Waals surface area contributed by atoms with Crippen molar-refractivity contribution in [1.82, 2.24) is 0 Å². The summed E-state index contributed by atoms with van der Waals surface area (Å²) in [4.78, 5) is 23.2. The second kappa shape index (κ2) is 6.70. The minimum absolute atomic E-state index is 0.146. The van der Waals surface area contributed by atoms with Gasteiger partial charge in [0.05, 0.1) is 12.2 Å². The maximum absolute atomic E-state index is 14.1. The van der Waals surface area contributed by atoms with Crippen molar-refractivity contribution in [1.29, 1.82) is 0 Å². The number of benzene rings is 1. The molecule has 1 aromatic rings. The molecule has 1 rings (SSSR count). The fraction of sp³-hybridized carbons (Fsp3) is 0.286. The Morgan fingerprint density at radius 3 is 2.60 bits per heavy atom. The van der Waals surface area contributed by atoms with Crippen LogP contribution in [0.1, 0.15) is 19.4 Å². The molecule has 0 spiro atoms. The molecule has 6 heteroatoms. The first-order valence-corrected chi connectivity index (χ1v) is 6.07. The molecule has 1 amide bonds. The van der Waals surface area contributed by atoms with Crippen molar-refractivity contribution in [2.45, 2.75) is 19.9 Å². The van der Waals surface area contributed by atoms with Crippen LogP contribution >= 0.6 is 0 Å². The molecule has 0 aliphatic rings. The summed E-state index contributed by atoms with van der Waals surface area (Å²) in [7, 11) is 0. The van der Waals surface area contributed by atoms with Gasteiger partial charge in [0, 0.05) is 17.7 Å². The highest BCUT2D eigenvalue weighted by atomic mass is 19.1. The number of carbonyl (C=O) groups is 2. The van der Waals surface area contributed by atoms with Crippen LogP contribution in [0.25, 0.3) is 6.08 Å². The maximum Gasteiger partial charge on any atom is 0.328 e. The molecule has 0 heterocycles. The second-order valence-electron chi connectivity index (χ2n) is 4.54. The van der Waals surface area contributed by atoms with Crippen LogP contribution in [0.3, 0.4) is 0 Å². The fourth-order valence-electron chi connectivity index (χ4n) is 1.82. The Kier molecular flexibility index (Phi) is 5.25. The minimum atomic E-state index is -1.13. The number of carboxylic acids is 1. The number of nitrogens with zero attached hydrogens (tertiary/aromatic N) is 1. The molecule has 0 aliphatic carbocycles. The highest BCUT2D eigenvalue weighted by molar-refractivity contribution is 5.88. The molecule has 108 valence electrons. The molecule has 5 nitrogen and oxygen atoms in total. The molecule has 0 radical (unpaired) electrons. The van der Waals surface area contributed by atoms with Gasteiger partial charge in [0.25, 0.3) is 0 Å². The number of carbonyl (C=O) groups excluding carboxylic acids is 1. The van der Waals surface area contributed by atoms with E-state index in [1.165, 1.54) is 23.1 Å². The smallest absolute Gasteiger partial charge is 0.328 e. The highest BCUT2D eigenvalue weighted by Crippen LogP contribution is 2.27. The van der Waals surface area contributed by atoms with Gasteiger partial charge in [-0.05, 0) is 26.0 Å². The predicted molar refractivity (Wildman–Crippen MR) is 74.7 cm³/mol. The lowest BCUT2D eigenvalue weighted by Gasteiger charge is -2.29. The quantitative estimate of drug-likeness (QED) is 0.776. The number of para-hydroxylation sites is 1. The van der Waals surface area contributed by atoms with Crippen LogP contribution in [-0.4, -0.2) is 29.6 Å². The van der Waals surface area contributed by atoms with Gasteiger partial charge in [-0.25, -0.2) is 9.18 Å². The number of hydrogen-bond donors (Lipinski definition) is 2. The number of anilines is 1. The third kappa shape index (κ3) is 4.08. The largest absolute Gasteiger partial charge is 0.478 e. The number of halogens is 1. The number of aliphatic carboxylic acids is 1. The third-order valence-electron chi connectivity index (χ3n) is 2.66. The molecular weight excluding hydrogens is 263 g/mol. The summed E-state index contributed by atoms with van der Waals surface area (Å²) >= 11 is 0. The molecule has 0 unspecified atom stereocenters. The molecule has 0 bridgehead atoms. The lowest BCUT2D eigenvalue weighted by molar-refractivity contribution is -0.131. The number of primary amides is 1. The number of rotatable bonds is 6. The molecule has 1 aromatic carbocycles. The van der Waals surface area contributed by atoms with E-state index in [1.807, 2.05) is 0 Å². The van der Waals surface area contributed by atoms with Crippen LogP contribution in [0.4, 0.5) is 10.1 Å². The van der Waals surface area contributed by atoms with Crippen LogP contribution in [0.15, 0.2) is 24.3 Å². The van der Waals surface area contributed by atoms with E-state index >= 15 is 0 Å². The van der Waals surface area contributed by atoms with E-state index in [4.69, 9.17) is 10.8 Å². The molecule has 0 aromatic heterocycles. The predicted octanol–water partition coefficient (Wildman–Crippen LogP) is 1.62. The Bertz CT molecular complexity index is 541. The fourth-order valence-corrected chi connectivity index (χ4v) is 1.82. The summed E-state index contributed by atoms with van der Waals surface area (Å²) in [5, 5.41) is 8.66. The first kappa shape index (κ1) is 15.7. The van der Waals surface area contributed by atoms with E-state index in [-0.39, 0.29) is 18.3 Å². The number of hydrogen-bond acceptors (Lipinski definition) is 3. The van der Waals surface area contributed by atoms with E-state index in [9.17, 15) is 14.0 Å². The van der Waals surface area contributed by atoms with Crippen molar-refractivity contribution in [2.24, 2.45) is 5.73 Å². The number of nitrogens with two attached hydrogens (primary N) is 1. The van der Waals surface area contributed by atoms with E-state index in [1.54, 1.807) is 19.9 Å². The normalized spacial score (nSPS) is 11.0. The molecule has 0 fully saturated rings. The Hall–Kier alpha value is -2.37. The minimum Gasteiger partial charge on any atom is -0.478 e. The maximum atomic E-state index is 14.1. The van der Waals surface area contributed by atoms with Crippen molar-refractivity contribution >= 4 is 23.6 Å². The first-order valence-electron chi connectivity index (χ1n) is 6.07. The van der Waals surface area contributed by atoms with Gasteiger partial charge in [0.15, 0.2) is 0 Å². The van der Waals surface area contributed by atoms with Gasteiger partial charge in [0.2, 0.25) is 5.91 Å². The van der Waals surface area contributed by atoms with Crippen LogP contribution in [0, 0.1) is 5.82 Å². The molecule has 0 atom stereocenters. The molecular formula is C14H17FN2O3. The van der Waals surface area contributed by atoms with E-state index in [2.05, 4.69) is 0 Å². The molecule has 0 aliphatic heterocycles. The van der Waals surface area contributed by atoms with Gasteiger partial charge < -0.3 is 15.7 Å². The molecule has 20 heavy (non-hydrogen) atoms. The lowest BCUT2D eigenvalue weighted by Crippen LogP contribution is -2.39. The van der Waals surface area contributed by atoms with Crippen molar-refractivity contribution in [2.75, 3.05) is 11.4 Å². The zero-order valence-electron chi connectivity index (χ0n) is 11.3. The van der Waals surface area contributed by atoms with Gasteiger partial charge >= 0.3 is 5.97 Å². The Balaban J connectivity index is 3.31. The SMILES string of the molecule is CC(C)N(CC(N)=O)c1c(F)cccc1/C=C/C(=O)O. The van der Waals surface area contributed by atoms with Gasteiger partial charge in [-0.3, -0.25) is 4.79 Å². The summed E-state index contributed by atoms with van der Waals surface area (Å²) in [6, 6.07) is 4.14.